The van der Waals surface area contributed by atoms with Crippen molar-refractivity contribution in [3.8, 4) is 0 Å². The van der Waals surface area contributed by atoms with Gasteiger partial charge in [0, 0.05) is 18.0 Å². The molecule has 3 aromatic heterocycles. The van der Waals surface area contributed by atoms with Crippen molar-refractivity contribution in [3.05, 3.63) is 52.8 Å². The van der Waals surface area contributed by atoms with Crippen molar-refractivity contribution < 1.29 is 5.11 Å². The summed E-state index contributed by atoms with van der Waals surface area (Å²) < 4.78 is 2.00. The van der Waals surface area contributed by atoms with Crippen LogP contribution in [0.1, 0.15) is 56.2 Å². The summed E-state index contributed by atoms with van der Waals surface area (Å²) in [7, 11) is 0. The van der Waals surface area contributed by atoms with Gasteiger partial charge in [0.2, 0.25) is 0 Å². The molecule has 6 heteroatoms. The van der Waals surface area contributed by atoms with E-state index in [1.807, 2.05) is 29.5 Å². The van der Waals surface area contributed by atoms with Crippen molar-refractivity contribution in [1.82, 2.24) is 24.6 Å². The third-order valence-electron chi connectivity index (χ3n) is 4.79. The van der Waals surface area contributed by atoms with Crippen molar-refractivity contribution in [2.24, 2.45) is 0 Å². The Morgan fingerprint density at radius 1 is 1.08 bits per heavy atom. The predicted octanol–water partition coefficient (Wildman–Crippen LogP) is 3.98. The zero-order valence-electron chi connectivity index (χ0n) is 14.9. The summed E-state index contributed by atoms with van der Waals surface area (Å²) in [6.07, 6.45) is 4.21. The van der Waals surface area contributed by atoms with E-state index in [1.54, 1.807) is 6.08 Å². The van der Waals surface area contributed by atoms with E-state index >= 15 is 0 Å². The molecule has 128 valence electrons. The van der Waals surface area contributed by atoms with E-state index in [2.05, 4.69) is 36.0 Å². The van der Waals surface area contributed by atoms with E-state index in [1.165, 1.54) is 0 Å². The van der Waals surface area contributed by atoms with Crippen molar-refractivity contribution in [2.75, 3.05) is 0 Å². The highest BCUT2D eigenvalue weighted by Crippen LogP contribution is 2.33. The average molecular weight is 335 g/mol. The molecule has 1 aliphatic rings. The Kier molecular flexibility index (Phi) is 3.56. The SMILES string of the molecule is CC1=CC=C(O)CC1c1nnc2c(C)nc3ccc(C(C)C)nc3n12. The lowest BCUT2D eigenvalue weighted by Crippen LogP contribution is -2.11. The Morgan fingerprint density at radius 2 is 1.88 bits per heavy atom. The summed E-state index contributed by atoms with van der Waals surface area (Å²) in [5.41, 5.74) is 5.30. The number of aliphatic hydroxyl groups is 1. The van der Waals surface area contributed by atoms with E-state index in [0.717, 1.165) is 39.6 Å². The standard InChI is InChI=1S/C19H21N5O/c1-10(2)15-7-8-16-19(21-15)24-17(12(4)20-16)22-23-18(24)14-9-13(25)6-5-11(14)3/h5-8,10,14,25H,9H2,1-4H3. The second-order valence-corrected chi connectivity index (χ2v) is 6.97. The first-order chi connectivity index (χ1) is 12.0. The van der Waals surface area contributed by atoms with Gasteiger partial charge in [0.15, 0.2) is 11.3 Å². The molecule has 0 saturated carbocycles. The fourth-order valence-electron chi connectivity index (χ4n) is 3.30. The lowest BCUT2D eigenvalue weighted by molar-refractivity contribution is 0.374. The van der Waals surface area contributed by atoms with Crippen LogP contribution in [0, 0.1) is 6.92 Å². The minimum Gasteiger partial charge on any atom is -0.512 e. The molecule has 1 unspecified atom stereocenters. The molecule has 25 heavy (non-hydrogen) atoms. The van der Waals surface area contributed by atoms with E-state index in [4.69, 9.17) is 4.98 Å². The van der Waals surface area contributed by atoms with Crippen LogP contribution in [0.5, 0.6) is 0 Å². The Hall–Kier alpha value is -2.76. The maximum Gasteiger partial charge on any atom is 0.184 e. The number of allylic oxidation sites excluding steroid dienone is 4. The third kappa shape index (κ3) is 2.49. The van der Waals surface area contributed by atoms with Gasteiger partial charge in [0.25, 0.3) is 0 Å². The van der Waals surface area contributed by atoms with E-state index in [0.29, 0.717) is 18.1 Å². The summed E-state index contributed by atoms with van der Waals surface area (Å²) in [5.74, 6) is 1.46. The summed E-state index contributed by atoms with van der Waals surface area (Å²) in [6, 6.07) is 4.03. The highest BCUT2D eigenvalue weighted by Gasteiger charge is 2.25. The number of hydrogen-bond acceptors (Lipinski definition) is 5. The van der Waals surface area contributed by atoms with Crippen molar-refractivity contribution >= 4 is 16.8 Å². The zero-order chi connectivity index (χ0) is 17.7. The van der Waals surface area contributed by atoms with Crippen LogP contribution in [0.25, 0.3) is 16.8 Å². The number of aryl methyl sites for hydroxylation is 1. The average Bonchev–Trinajstić information content (AvgIpc) is 3.02. The van der Waals surface area contributed by atoms with Crippen molar-refractivity contribution in [2.45, 2.75) is 46.0 Å². The van der Waals surface area contributed by atoms with Gasteiger partial charge in [-0.05, 0) is 38.0 Å². The molecule has 0 aliphatic heterocycles. The summed E-state index contributed by atoms with van der Waals surface area (Å²) in [5, 5.41) is 18.8. The van der Waals surface area contributed by atoms with E-state index in [9.17, 15) is 5.11 Å². The summed E-state index contributed by atoms with van der Waals surface area (Å²) >= 11 is 0. The van der Waals surface area contributed by atoms with Gasteiger partial charge in [-0.25, -0.2) is 9.97 Å². The molecule has 0 radical (unpaired) electrons. The lowest BCUT2D eigenvalue weighted by atomic mass is 9.91. The minimum absolute atomic E-state index is 0.0190. The van der Waals surface area contributed by atoms with Gasteiger partial charge in [-0.15, -0.1) is 10.2 Å². The number of rotatable bonds is 2. The third-order valence-corrected chi connectivity index (χ3v) is 4.79. The summed E-state index contributed by atoms with van der Waals surface area (Å²) in [4.78, 5) is 9.48. The van der Waals surface area contributed by atoms with Crippen LogP contribution in [0.4, 0.5) is 0 Å². The Labute approximate surface area is 146 Å². The molecule has 3 aromatic rings. The van der Waals surface area contributed by atoms with Gasteiger partial charge in [-0.1, -0.05) is 25.5 Å². The van der Waals surface area contributed by atoms with Crippen LogP contribution < -0.4 is 0 Å². The first-order valence-electron chi connectivity index (χ1n) is 8.54. The predicted molar refractivity (Wildman–Crippen MR) is 96.7 cm³/mol. The molecule has 0 bridgehead atoms. The van der Waals surface area contributed by atoms with Crippen LogP contribution in [-0.4, -0.2) is 29.7 Å². The molecule has 0 saturated heterocycles. The number of hydrogen-bond donors (Lipinski definition) is 1. The van der Waals surface area contributed by atoms with Crippen LogP contribution in [0.3, 0.4) is 0 Å². The van der Waals surface area contributed by atoms with Gasteiger partial charge in [-0.3, -0.25) is 4.40 Å². The number of fused-ring (bicyclic) bond motifs is 3. The van der Waals surface area contributed by atoms with Gasteiger partial charge < -0.3 is 5.11 Å². The Bertz CT molecular complexity index is 1040. The fourth-order valence-corrected chi connectivity index (χ4v) is 3.30. The summed E-state index contributed by atoms with van der Waals surface area (Å²) in [6.45, 7) is 8.23. The van der Waals surface area contributed by atoms with Gasteiger partial charge >= 0.3 is 0 Å². The Balaban J connectivity index is 2.03. The molecule has 1 aliphatic carbocycles. The molecule has 1 N–H and O–H groups in total. The van der Waals surface area contributed by atoms with Crippen LogP contribution in [-0.2, 0) is 0 Å². The number of nitrogens with zero attached hydrogens (tertiary/aromatic N) is 5. The van der Waals surface area contributed by atoms with Gasteiger partial charge in [0.1, 0.15) is 11.3 Å². The molecule has 1 atom stereocenters. The van der Waals surface area contributed by atoms with Crippen molar-refractivity contribution in [1.29, 1.82) is 0 Å². The smallest absolute Gasteiger partial charge is 0.184 e. The molecule has 3 heterocycles. The van der Waals surface area contributed by atoms with E-state index < -0.39 is 0 Å². The maximum atomic E-state index is 9.98. The first-order valence-corrected chi connectivity index (χ1v) is 8.54. The molecule has 0 aromatic carbocycles. The molecule has 0 fully saturated rings. The first kappa shape index (κ1) is 15.7. The monoisotopic (exact) mass is 335 g/mol. The second-order valence-electron chi connectivity index (χ2n) is 6.97. The zero-order valence-corrected chi connectivity index (χ0v) is 14.9. The minimum atomic E-state index is -0.0190. The maximum absolute atomic E-state index is 9.98. The quantitative estimate of drug-likeness (QED) is 0.766. The van der Waals surface area contributed by atoms with Crippen LogP contribution in [0.15, 0.2) is 35.6 Å². The second kappa shape index (κ2) is 5.65. The van der Waals surface area contributed by atoms with E-state index in [-0.39, 0.29) is 5.92 Å². The Morgan fingerprint density at radius 3 is 2.64 bits per heavy atom. The topological polar surface area (TPSA) is 76.2 Å². The highest BCUT2D eigenvalue weighted by molar-refractivity contribution is 5.75. The molecule has 0 spiro atoms. The van der Waals surface area contributed by atoms with Crippen LogP contribution >= 0.6 is 0 Å². The fraction of sp³-hybridized carbons (Fsp3) is 0.368. The number of pyridine rings is 1. The highest BCUT2D eigenvalue weighted by atomic mass is 16.3. The molecule has 6 nitrogen and oxygen atoms in total. The molecular weight excluding hydrogens is 314 g/mol. The lowest BCUT2D eigenvalue weighted by Gasteiger charge is -2.19. The molecule has 0 amide bonds. The van der Waals surface area contributed by atoms with Gasteiger partial charge in [-0.2, -0.15) is 0 Å². The molecular formula is C19H21N5O. The van der Waals surface area contributed by atoms with Crippen LogP contribution in [0.2, 0.25) is 0 Å². The van der Waals surface area contributed by atoms with Crippen molar-refractivity contribution in [3.63, 3.8) is 0 Å². The number of aromatic nitrogens is 5. The normalized spacial score (nSPS) is 18.0. The number of aliphatic hydroxyl groups excluding tert-OH is 1. The molecule has 4 rings (SSSR count). The largest absolute Gasteiger partial charge is 0.512 e. The van der Waals surface area contributed by atoms with Gasteiger partial charge in [0.05, 0.1) is 11.5 Å².